The Morgan fingerprint density at radius 3 is 1.23 bits per heavy atom. The number of rotatable bonds is 27. The molecule has 0 bridgehead atoms. The maximum absolute atomic E-state index is 12.1. The molecule has 0 aliphatic rings. The van der Waals surface area contributed by atoms with Gasteiger partial charge in [0.2, 0.25) is 0 Å². The summed E-state index contributed by atoms with van der Waals surface area (Å²) >= 11 is 0. The van der Waals surface area contributed by atoms with Gasteiger partial charge in [0, 0.05) is 0 Å². The van der Waals surface area contributed by atoms with Crippen LogP contribution in [0.1, 0.15) is 179 Å². The average Bonchev–Trinajstić information content (AvgIpc) is 2.97. The zero-order valence-corrected chi connectivity index (χ0v) is 32.3. The second-order valence-electron chi connectivity index (χ2n) is 12.9. The number of hydrogen-bond donors (Lipinski definition) is 0. The fourth-order valence-corrected chi connectivity index (χ4v) is 7.04. The topological polar surface area (TPSA) is 57.2 Å². The van der Waals surface area contributed by atoms with Crippen molar-refractivity contribution in [2.75, 3.05) is 0 Å². The molecule has 0 fully saturated rings. The summed E-state index contributed by atoms with van der Waals surface area (Å²) in [5.41, 5.74) is 2.22. The van der Waals surface area contributed by atoms with Gasteiger partial charge in [0.25, 0.3) is 0 Å². The van der Waals surface area contributed by atoms with Crippen molar-refractivity contribution in [2.24, 2.45) is 0 Å². The Bertz CT molecular complexity index is 1060. The molecule has 0 N–H and O–H groups in total. The zero-order valence-electron chi connectivity index (χ0n) is 28.4. The molecule has 0 spiro atoms. The molecule has 3 nitrogen and oxygen atoms in total. The van der Waals surface area contributed by atoms with Gasteiger partial charge in [0.15, 0.2) is 0 Å². The van der Waals surface area contributed by atoms with Crippen LogP contribution in [0.5, 0.6) is 0 Å². The van der Waals surface area contributed by atoms with Crippen LogP contribution in [0.2, 0.25) is 0 Å². The van der Waals surface area contributed by atoms with E-state index < -0.39 is 10.1 Å². The van der Waals surface area contributed by atoms with Gasteiger partial charge >= 0.3 is 51.4 Å². The third-order valence-electron chi connectivity index (χ3n) is 8.95. The first-order chi connectivity index (χ1) is 20.5. The molecule has 0 amide bonds. The molecular formula is C38H63KO3S. The molecule has 0 aromatic heterocycles. The van der Waals surface area contributed by atoms with Crippen LogP contribution >= 0.6 is 0 Å². The molecule has 5 heteroatoms. The largest absolute Gasteiger partial charge is 1.00 e. The summed E-state index contributed by atoms with van der Waals surface area (Å²) in [6.07, 6.45) is 33.5. The first-order valence-electron chi connectivity index (χ1n) is 18.0. The van der Waals surface area contributed by atoms with E-state index in [-0.39, 0.29) is 56.3 Å². The van der Waals surface area contributed by atoms with E-state index >= 15 is 0 Å². The van der Waals surface area contributed by atoms with Crippen molar-refractivity contribution in [3.8, 4) is 0 Å². The van der Waals surface area contributed by atoms with Crippen LogP contribution in [0.25, 0.3) is 10.8 Å². The van der Waals surface area contributed by atoms with Gasteiger partial charge in [-0.15, -0.1) is 0 Å². The van der Waals surface area contributed by atoms with E-state index in [1.807, 2.05) is 12.1 Å². The van der Waals surface area contributed by atoms with Gasteiger partial charge < -0.3 is 4.55 Å². The molecule has 0 atom stereocenters. The number of fused-ring (bicyclic) bond motifs is 1. The number of aryl methyl sites for hydroxylation is 2. The van der Waals surface area contributed by atoms with Gasteiger partial charge in [-0.05, 0) is 53.6 Å². The van der Waals surface area contributed by atoms with E-state index in [0.717, 1.165) is 43.1 Å². The van der Waals surface area contributed by atoms with Gasteiger partial charge in [-0.2, -0.15) is 0 Å². The maximum atomic E-state index is 12.1. The molecular weight excluding hydrogens is 576 g/mol. The Morgan fingerprint density at radius 1 is 0.488 bits per heavy atom. The molecule has 0 aliphatic carbocycles. The minimum absolute atomic E-state index is 0. The summed E-state index contributed by atoms with van der Waals surface area (Å²) in [5.74, 6) is 0. The molecule has 0 radical (unpaired) electrons. The van der Waals surface area contributed by atoms with Crippen LogP contribution in [0.4, 0.5) is 0 Å². The second-order valence-corrected chi connectivity index (χ2v) is 14.2. The average molecular weight is 639 g/mol. The van der Waals surface area contributed by atoms with Gasteiger partial charge in [0.1, 0.15) is 10.1 Å². The zero-order chi connectivity index (χ0) is 30.3. The fraction of sp³-hybridized carbons (Fsp3) is 0.737. The van der Waals surface area contributed by atoms with Crippen LogP contribution < -0.4 is 51.4 Å². The van der Waals surface area contributed by atoms with Gasteiger partial charge in [-0.1, -0.05) is 179 Å². The third kappa shape index (κ3) is 19.5. The first kappa shape index (κ1) is 41.3. The van der Waals surface area contributed by atoms with Crippen LogP contribution in [-0.4, -0.2) is 13.0 Å². The SMILES string of the molecule is CCCCCCCCCCCCCCc1ccc2c(S(=O)(=O)[O-])cc(CCCCCCCCCCCCCC)cc2c1.[K+]. The number of benzene rings is 2. The predicted octanol–water partition coefficient (Wildman–Crippen LogP) is 9.24. The van der Waals surface area contributed by atoms with E-state index in [1.165, 1.54) is 140 Å². The maximum Gasteiger partial charge on any atom is 1.00 e. The van der Waals surface area contributed by atoms with Gasteiger partial charge in [0.05, 0.1) is 4.90 Å². The van der Waals surface area contributed by atoms with E-state index in [0.29, 0.717) is 5.39 Å². The van der Waals surface area contributed by atoms with E-state index in [1.54, 1.807) is 6.07 Å². The number of unbranched alkanes of at least 4 members (excludes halogenated alkanes) is 22. The molecule has 2 aromatic rings. The molecule has 0 unspecified atom stereocenters. The summed E-state index contributed by atoms with van der Waals surface area (Å²) in [6, 6.07) is 9.74. The van der Waals surface area contributed by atoms with E-state index in [9.17, 15) is 13.0 Å². The van der Waals surface area contributed by atoms with Crippen LogP contribution in [0, 0.1) is 0 Å². The van der Waals surface area contributed by atoms with Crippen molar-refractivity contribution >= 4 is 20.9 Å². The minimum Gasteiger partial charge on any atom is -0.744 e. The molecule has 2 aromatic carbocycles. The Balaban J connectivity index is 0.00000924. The van der Waals surface area contributed by atoms with Crippen molar-refractivity contribution in [1.82, 2.24) is 0 Å². The quantitative estimate of drug-likeness (QED) is 0.0557. The Kier molecular flexibility index (Phi) is 25.3. The Hall–Kier alpha value is 0.246. The van der Waals surface area contributed by atoms with Crippen molar-refractivity contribution in [3.05, 3.63) is 41.5 Å². The predicted molar refractivity (Wildman–Crippen MR) is 181 cm³/mol. The van der Waals surface area contributed by atoms with Crippen molar-refractivity contribution in [3.63, 3.8) is 0 Å². The van der Waals surface area contributed by atoms with Crippen molar-refractivity contribution < 1.29 is 64.4 Å². The summed E-state index contributed by atoms with van der Waals surface area (Å²) in [6.45, 7) is 4.54. The standard InChI is InChI=1S/C38H64O3S.K/c1-3-5-7-9-11-13-15-17-19-21-23-25-27-34-29-30-37-36(31-34)32-35(33-38(37)42(39,40)41)28-26-24-22-20-18-16-14-12-10-8-6-4-2;/h29-33H,3-28H2,1-2H3,(H,39,40,41);/q;+1/p-1. The van der Waals surface area contributed by atoms with Gasteiger partial charge in [-0.25, -0.2) is 8.42 Å². The monoisotopic (exact) mass is 638 g/mol. The van der Waals surface area contributed by atoms with Crippen LogP contribution in [0.15, 0.2) is 35.2 Å². The van der Waals surface area contributed by atoms with Crippen molar-refractivity contribution in [2.45, 2.75) is 186 Å². The van der Waals surface area contributed by atoms with Gasteiger partial charge in [-0.3, -0.25) is 0 Å². The summed E-state index contributed by atoms with van der Waals surface area (Å²) < 4.78 is 36.3. The minimum atomic E-state index is -4.51. The summed E-state index contributed by atoms with van der Waals surface area (Å²) in [7, 11) is -4.51. The van der Waals surface area contributed by atoms with Crippen LogP contribution in [-0.2, 0) is 23.0 Å². The van der Waals surface area contributed by atoms with Crippen molar-refractivity contribution in [1.29, 1.82) is 0 Å². The smallest absolute Gasteiger partial charge is 0.744 e. The Labute approximate surface area is 309 Å². The van der Waals surface area contributed by atoms with E-state index in [4.69, 9.17) is 0 Å². The molecule has 240 valence electrons. The molecule has 0 heterocycles. The second kappa shape index (κ2) is 26.3. The number of hydrogen-bond acceptors (Lipinski definition) is 3. The summed E-state index contributed by atoms with van der Waals surface area (Å²) in [4.78, 5) is -0.0501. The molecule has 2 rings (SSSR count). The Morgan fingerprint density at radius 2 is 0.837 bits per heavy atom. The summed E-state index contributed by atoms with van der Waals surface area (Å²) in [5, 5.41) is 1.47. The van der Waals surface area contributed by atoms with E-state index in [2.05, 4.69) is 26.0 Å². The fourth-order valence-electron chi connectivity index (χ4n) is 6.29. The normalized spacial score (nSPS) is 11.7. The molecule has 0 saturated heterocycles. The van der Waals surface area contributed by atoms with Crippen LogP contribution in [0.3, 0.4) is 0 Å². The molecule has 0 saturated carbocycles. The molecule has 43 heavy (non-hydrogen) atoms. The first-order valence-corrected chi connectivity index (χ1v) is 19.4. The molecule has 0 aliphatic heterocycles. The third-order valence-corrected chi connectivity index (χ3v) is 9.82.